The third-order valence-corrected chi connectivity index (χ3v) is 2.45. The molecule has 0 heterocycles. The molecule has 0 aromatic heterocycles. The van der Waals surface area contributed by atoms with Gasteiger partial charge in [-0.3, -0.25) is 4.79 Å². The summed E-state index contributed by atoms with van der Waals surface area (Å²) >= 11 is 0. The van der Waals surface area contributed by atoms with Crippen LogP contribution in [-0.2, 0) is 9.59 Å². The van der Waals surface area contributed by atoms with Crippen molar-refractivity contribution in [3.63, 3.8) is 0 Å². The van der Waals surface area contributed by atoms with Crippen LogP contribution in [0.15, 0.2) is 24.3 Å². The standard InChI is InChI=1S/C13H17N3O5/c1-14-11(17)7-16(2)13(20)15-9-4-3-5-10(6-9)21-8-12(18)19/h3-6H,7-8H2,1-2H3,(H,14,17)(H,15,20)(H,18,19). The molecule has 8 heteroatoms. The normalized spacial score (nSPS) is 9.62. The van der Waals surface area contributed by atoms with Gasteiger partial charge in [0.25, 0.3) is 0 Å². The van der Waals surface area contributed by atoms with Crippen molar-refractivity contribution in [1.29, 1.82) is 0 Å². The Morgan fingerprint density at radius 3 is 2.67 bits per heavy atom. The Balaban J connectivity index is 2.61. The highest BCUT2D eigenvalue weighted by Crippen LogP contribution is 2.17. The fraction of sp³-hybridized carbons (Fsp3) is 0.308. The molecule has 0 aliphatic carbocycles. The van der Waals surface area contributed by atoms with Gasteiger partial charge in [0.1, 0.15) is 12.3 Å². The van der Waals surface area contributed by atoms with E-state index in [1.807, 2.05) is 0 Å². The number of urea groups is 1. The maximum absolute atomic E-state index is 11.8. The van der Waals surface area contributed by atoms with Crippen LogP contribution in [0.25, 0.3) is 0 Å². The lowest BCUT2D eigenvalue weighted by Gasteiger charge is -2.17. The third kappa shape index (κ3) is 5.81. The van der Waals surface area contributed by atoms with Gasteiger partial charge in [-0.1, -0.05) is 6.07 Å². The Bertz CT molecular complexity index is 532. The van der Waals surface area contributed by atoms with Crippen molar-refractivity contribution >= 4 is 23.6 Å². The molecule has 114 valence electrons. The summed E-state index contributed by atoms with van der Waals surface area (Å²) in [6.45, 7) is -0.536. The summed E-state index contributed by atoms with van der Waals surface area (Å²) < 4.78 is 5.00. The lowest BCUT2D eigenvalue weighted by Crippen LogP contribution is -2.39. The van der Waals surface area contributed by atoms with Gasteiger partial charge in [0.05, 0.1) is 0 Å². The van der Waals surface area contributed by atoms with Crippen molar-refractivity contribution in [2.45, 2.75) is 0 Å². The summed E-state index contributed by atoms with van der Waals surface area (Å²) in [6.07, 6.45) is 0. The highest BCUT2D eigenvalue weighted by Gasteiger charge is 2.12. The lowest BCUT2D eigenvalue weighted by atomic mass is 10.3. The molecular formula is C13H17N3O5. The number of rotatable bonds is 6. The molecule has 21 heavy (non-hydrogen) atoms. The van der Waals surface area contributed by atoms with Crippen LogP contribution in [0, 0.1) is 0 Å². The number of carboxylic acids is 1. The SMILES string of the molecule is CNC(=O)CN(C)C(=O)Nc1cccc(OCC(=O)O)c1. The van der Waals surface area contributed by atoms with E-state index < -0.39 is 18.6 Å². The van der Waals surface area contributed by atoms with E-state index in [0.717, 1.165) is 0 Å². The molecule has 0 radical (unpaired) electrons. The van der Waals surface area contributed by atoms with E-state index in [-0.39, 0.29) is 12.5 Å². The van der Waals surface area contributed by atoms with Crippen molar-refractivity contribution in [2.75, 3.05) is 32.6 Å². The molecule has 0 saturated heterocycles. The second-order valence-corrected chi connectivity index (χ2v) is 4.17. The third-order valence-electron chi connectivity index (χ3n) is 2.45. The summed E-state index contributed by atoms with van der Waals surface area (Å²) in [6, 6.07) is 5.85. The Labute approximate surface area is 121 Å². The zero-order valence-electron chi connectivity index (χ0n) is 11.8. The van der Waals surface area contributed by atoms with Crippen molar-refractivity contribution in [2.24, 2.45) is 0 Å². The van der Waals surface area contributed by atoms with Crippen LogP contribution >= 0.6 is 0 Å². The summed E-state index contributed by atoms with van der Waals surface area (Å²) in [4.78, 5) is 34.6. The Kier molecular flexibility index (Phi) is 5.99. The number of nitrogens with one attached hydrogen (secondary N) is 2. The average molecular weight is 295 g/mol. The number of benzene rings is 1. The van der Waals surface area contributed by atoms with Crippen molar-refractivity contribution in [3.05, 3.63) is 24.3 Å². The number of amides is 3. The van der Waals surface area contributed by atoms with Gasteiger partial charge >= 0.3 is 12.0 Å². The number of carbonyl (C=O) groups excluding carboxylic acids is 2. The van der Waals surface area contributed by atoms with Crippen molar-refractivity contribution in [1.82, 2.24) is 10.2 Å². The first-order chi connectivity index (χ1) is 9.92. The summed E-state index contributed by atoms with van der Waals surface area (Å²) in [7, 11) is 2.96. The molecule has 0 unspecified atom stereocenters. The zero-order chi connectivity index (χ0) is 15.8. The molecule has 3 N–H and O–H groups in total. The number of aliphatic carboxylic acids is 1. The molecule has 1 aromatic rings. The van der Waals surface area contributed by atoms with Gasteiger partial charge in [-0.25, -0.2) is 9.59 Å². The fourth-order valence-electron chi connectivity index (χ4n) is 1.39. The van der Waals surface area contributed by atoms with Gasteiger partial charge in [0, 0.05) is 25.8 Å². The van der Waals surface area contributed by atoms with E-state index in [1.165, 1.54) is 25.1 Å². The summed E-state index contributed by atoms with van der Waals surface area (Å²) in [5, 5.41) is 13.5. The van der Waals surface area contributed by atoms with Crippen LogP contribution < -0.4 is 15.4 Å². The summed E-state index contributed by atoms with van der Waals surface area (Å²) in [5.41, 5.74) is 0.437. The van der Waals surface area contributed by atoms with E-state index in [1.54, 1.807) is 18.2 Å². The van der Waals surface area contributed by atoms with Gasteiger partial charge in [0.2, 0.25) is 5.91 Å². The maximum Gasteiger partial charge on any atom is 0.341 e. The van der Waals surface area contributed by atoms with Crippen molar-refractivity contribution < 1.29 is 24.2 Å². The lowest BCUT2D eigenvalue weighted by molar-refractivity contribution is -0.139. The molecule has 0 aliphatic heterocycles. The Hall–Kier alpha value is -2.77. The number of hydrogen-bond donors (Lipinski definition) is 3. The van der Waals surface area contributed by atoms with Crippen LogP contribution in [0.3, 0.4) is 0 Å². The minimum atomic E-state index is -1.09. The smallest absolute Gasteiger partial charge is 0.341 e. The quantitative estimate of drug-likeness (QED) is 0.702. The molecule has 0 spiro atoms. The molecule has 0 bridgehead atoms. The molecule has 0 atom stereocenters. The summed E-state index contributed by atoms with van der Waals surface area (Å²) in [5.74, 6) is -1.05. The van der Waals surface area contributed by atoms with Gasteiger partial charge in [-0.15, -0.1) is 0 Å². The highest BCUT2D eigenvalue weighted by atomic mass is 16.5. The maximum atomic E-state index is 11.8. The first-order valence-corrected chi connectivity index (χ1v) is 6.09. The number of carboxylic acid groups (broad SMARTS) is 1. The van der Waals surface area contributed by atoms with Crippen LogP contribution in [0.5, 0.6) is 5.75 Å². The molecule has 1 rings (SSSR count). The highest BCUT2D eigenvalue weighted by molar-refractivity contribution is 5.92. The number of ether oxygens (including phenoxy) is 1. The van der Waals surface area contributed by atoms with Crippen LogP contribution in [0.4, 0.5) is 10.5 Å². The largest absolute Gasteiger partial charge is 0.482 e. The molecule has 0 fully saturated rings. The van der Waals surface area contributed by atoms with Crippen molar-refractivity contribution in [3.8, 4) is 5.75 Å². The number of likely N-dealkylation sites (N-methyl/N-ethyl adjacent to an activating group) is 2. The van der Waals surface area contributed by atoms with Crippen LogP contribution in [0.1, 0.15) is 0 Å². The van der Waals surface area contributed by atoms with E-state index in [4.69, 9.17) is 9.84 Å². The second-order valence-electron chi connectivity index (χ2n) is 4.17. The number of anilines is 1. The number of nitrogens with zero attached hydrogens (tertiary/aromatic N) is 1. The molecule has 0 aliphatic rings. The van der Waals surface area contributed by atoms with Crippen LogP contribution in [0.2, 0.25) is 0 Å². The Morgan fingerprint density at radius 2 is 2.05 bits per heavy atom. The van der Waals surface area contributed by atoms with E-state index in [2.05, 4.69) is 10.6 Å². The predicted molar refractivity (Wildman–Crippen MR) is 75.3 cm³/mol. The minimum absolute atomic E-state index is 0.0719. The van der Waals surface area contributed by atoms with Gasteiger partial charge in [-0.05, 0) is 12.1 Å². The number of hydrogen-bond acceptors (Lipinski definition) is 4. The van der Waals surface area contributed by atoms with E-state index in [9.17, 15) is 14.4 Å². The molecule has 0 saturated carbocycles. The van der Waals surface area contributed by atoms with Crippen LogP contribution in [-0.4, -0.2) is 55.2 Å². The molecular weight excluding hydrogens is 278 g/mol. The zero-order valence-corrected chi connectivity index (χ0v) is 11.8. The first-order valence-electron chi connectivity index (χ1n) is 6.09. The molecule has 3 amide bonds. The van der Waals surface area contributed by atoms with Gasteiger partial charge in [0.15, 0.2) is 6.61 Å². The second kappa shape index (κ2) is 7.73. The van der Waals surface area contributed by atoms with E-state index in [0.29, 0.717) is 11.4 Å². The van der Waals surface area contributed by atoms with E-state index >= 15 is 0 Å². The number of carbonyl (C=O) groups is 3. The molecule has 1 aromatic carbocycles. The minimum Gasteiger partial charge on any atom is -0.482 e. The first kappa shape index (κ1) is 16.3. The monoisotopic (exact) mass is 295 g/mol. The van der Waals surface area contributed by atoms with Gasteiger partial charge in [-0.2, -0.15) is 0 Å². The molecule has 8 nitrogen and oxygen atoms in total. The topological polar surface area (TPSA) is 108 Å². The predicted octanol–water partition coefficient (Wildman–Crippen LogP) is 0.360. The fourth-order valence-corrected chi connectivity index (χ4v) is 1.39. The Morgan fingerprint density at radius 1 is 1.33 bits per heavy atom. The average Bonchev–Trinajstić information content (AvgIpc) is 2.45. The van der Waals surface area contributed by atoms with Gasteiger partial charge < -0.3 is 25.4 Å².